The number of carbonyl (C=O) groups is 1. The lowest BCUT2D eigenvalue weighted by Crippen LogP contribution is -2.35. The standard InChI is InChI=1S/C18H23FN4O/c1-11-8-14(9-20)10-22(11)18(24)17-12(2)21-23(13(17)3)16-6-4-15(19)5-7-16/h4-7,11,14H,8-10,20H2,1-3H3. The van der Waals surface area contributed by atoms with E-state index >= 15 is 0 Å². The monoisotopic (exact) mass is 330 g/mol. The normalized spacial score (nSPS) is 20.6. The van der Waals surface area contributed by atoms with E-state index < -0.39 is 0 Å². The minimum atomic E-state index is -0.296. The highest BCUT2D eigenvalue weighted by molar-refractivity contribution is 5.97. The molecule has 1 aliphatic rings. The third-order valence-electron chi connectivity index (χ3n) is 4.83. The SMILES string of the molecule is Cc1nn(-c2ccc(F)cc2)c(C)c1C(=O)N1CC(CN)CC1C. The van der Waals surface area contributed by atoms with Gasteiger partial charge in [0.1, 0.15) is 5.82 Å². The Morgan fingerprint density at radius 1 is 1.33 bits per heavy atom. The number of carbonyl (C=O) groups excluding carboxylic acids is 1. The van der Waals surface area contributed by atoms with Crippen LogP contribution in [-0.2, 0) is 0 Å². The fourth-order valence-electron chi connectivity index (χ4n) is 3.53. The van der Waals surface area contributed by atoms with Gasteiger partial charge in [-0.05, 0) is 63.9 Å². The highest BCUT2D eigenvalue weighted by atomic mass is 19.1. The molecule has 2 N–H and O–H groups in total. The van der Waals surface area contributed by atoms with Crippen LogP contribution in [0.25, 0.3) is 5.69 Å². The Morgan fingerprint density at radius 2 is 2.00 bits per heavy atom. The molecular weight excluding hydrogens is 307 g/mol. The number of benzene rings is 1. The minimum Gasteiger partial charge on any atom is -0.335 e. The summed E-state index contributed by atoms with van der Waals surface area (Å²) in [5.74, 6) is 0.0637. The Bertz CT molecular complexity index is 753. The van der Waals surface area contributed by atoms with Crippen molar-refractivity contribution in [1.29, 1.82) is 0 Å². The number of hydrogen-bond acceptors (Lipinski definition) is 3. The Kier molecular flexibility index (Phi) is 4.41. The van der Waals surface area contributed by atoms with Crippen molar-refractivity contribution in [3.63, 3.8) is 0 Å². The second kappa shape index (κ2) is 6.36. The Balaban J connectivity index is 1.94. The van der Waals surface area contributed by atoms with Gasteiger partial charge in [0.05, 0.1) is 22.6 Å². The smallest absolute Gasteiger partial charge is 0.257 e. The molecule has 128 valence electrons. The summed E-state index contributed by atoms with van der Waals surface area (Å²) >= 11 is 0. The maximum absolute atomic E-state index is 13.1. The van der Waals surface area contributed by atoms with Gasteiger partial charge in [0.2, 0.25) is 0 Å². The number of nitrogens with two attached hydrogens (primary N) is 1. The number of rotatable bonds is 3. The van der Waals surface area contributed by atoms with Gasteiger partial charge in [-0.3, -0.25) is 4.79 Å². The van der Waals surface area contributed by atoms with Crippen molar-refractivity contribution in [1.82, 2.24) is 14.7 Å². The van der Waals surface area contributed by atoms with Crippen molar-refractivity contribution in [3.05, 3.63) is 47.0 Å². The van der Waals surface area contributed by atoms with E-state index in [4.69, 9.17) is 5.73 Å². The van der Waals surface area contributed by atoms with Crippen molar-refractivity contribution in [2.24, 2.45) is 11.7 Å². The Hall–Kier alpha value is -2.21. The quantitative estimate of drug-likeness (QED) is 0.940. The van der Waals surface area contributed by atoms with Gasteiger partial charge in [0.15, 0.2) is 0 Å². The Labute approximate surface area is 141 Å². The predicted octanol–water partition coefficient (Wildman–Crippen LogP) is 2.44. The van der Waals surface area contributed by atoms with Crippen LogP contribution < -0.4 is 5.73 Å². The van der Waals surface area contributed by atoms with E-state index in [-0.39, 0.29) is 17.8 Å². The first-order valence-corrected chi connectivity index (χ1v) is 8.25. The summed E-state index contributed by atoms with van der Waals surface area (Å²) in [6.07, 6.45) is 0.937. The number of likely N-dealkylation sites (tertiary alicyclic amines) is 1. The molecule has 1 amide bonds. The second-order valence-corrected chi connectivity index (χ2v) is 6.58. The largest absolute Gasteiger partial charge is 0.335 e. The number of nitrogens with zero attached hydrogens (tertiary/aromatic N) is 3. The van der Waals surface area contributed by atoms with E-state index in [0.717, 1.165) is 17.8 Å². The minimum absolute atomic E-state index is 0.00168. The zero-order chi connectivity index (χ0) is 17.4. The van der Waals surface area contributed by atoms with Crippen molar-refractivity contribution in [2.45, 2.75) is 33.2 Å². The average molecular weight is 330 g/mol. The number of amides is 1. The number of aryl methyl sites for hydroxylation is 1. The molecule has 0 spiro atoms. The van der Waals surface area contributed by atoms with E-state index in [9.17, 15) is 9.18 Å². The van der Waals surface area contributed by atoms with Gasteiger partial charge in [-0.25, -0.2) is 9.07 Å². The maximum Gasteiger partial charge on any atom is 0.257 e. The maximum atomic E-state index is 13.1. The van der Waals surface area contributed by atoms with Crippen molar-refractivity contribution in [2.75, 3.05) is 13.1 Å². The molecule has 1 saturated heterocycles. The van der Waals surface area contributed by atoms with Crippen molar-refractivity contribution < 1.29 is 9.18 Å². The van der Waals surface area contributed by atoms with E-state index in [1.165, 1.54) is 12.1 Å². The summed E-state index contributed by atoms with van der Waals surface area (Å²) in [4.78, 5) is 14.9. The third kappa shape index (κ3) is 2.82. The summed E-state index contributed by atoms with van der Waals surface area (Å²) < 4.78 is 14.8. The highest BCUT2D eigenvalue weighted by Crippen LogP contribution is 2.27. The van der Waals surface area contributed by atoms with Crippen LogP contribution in [0.15, 0.2) is 24.3 Å². The van der Waals surface area contributed by atoms with Crippen LogP contribution in [0.4, 0.5) is 4.39 Å². The summed E-state index contributed by atoms with van der Waals surface area (Å²) in [6, 6.07) is 6.28. The molecule has 0 saturated carbocycles. The molecule has 3 rings (SSSR count). The lowest BCUT2D eigenvalue weighted by atomic mass is 10.1. The lowest BCUT2D eigenvalue weighted by molar-refractivity contribution is 0.0742. The fourth-order valence-corrected chi connectivity index (χ4v) is 3.53. The van der Waals surface area contributed by atoms with E-state index in [1.807, 2.05) is 18.7 Å². The molecule has 2 atom stereocenters. The summed E-state index contributed by atoms with van der Waals surface area (Å²) in [5, 5.41) is 4.49. The molecule has 1 aromatic carbocycles. The Morgan fingerprint density at radius 3 is 2.58 bits per heavy atom. The van der Waals surface area contributed by atoms with Crippen molar-refractivity contribution in [3.8, 4) is 5.69 Å². The molecule has 2 aromatic rings. The van der Waals surface area contributed by atoms with Crippen LogP contribution in [0.2, 0.25) is 0 Å². The van der Waals surface area contributed by atoms with E-state index in [1.54, 1.807) is 16.8 Å². The first-order valence-electron chi connectivity index (χ1n) is 8.25. The van der Waals surface area contributed by atoms with Gasteiger partial charge in [0, 0.05) is 12.6 Å². The van der Waals surface area contributed by atoms with Crippen molar-refractivity contribution >= 4 is 5.91 Å². The number of halogens is 1. The molecule has 1 fully saturated rings. The molecule has 2 unspecified atom stereocenters. The van der Waals surface area contributed by atoms with Crippen LogP contribution in [-0.4, -0.2) is 39.7 Å². The van der Waals surface area contributed by atoms with Gasteiger partial charge in [-0.15, -0.1) is 0 Å². The topological polar surface area (TPSA) is 64.2 Å². The lowest BCUT2D eigenvalue weighted by Gasteiger charge is -2.21. The van der Waals surface area contributed by atoms with Gasteiger partial charge in [-0.1, -0.05) is 0 Å². The number of hydrogen-bond donors (Lipinski definition) is 1. The first kappa shape index (κ1) is 16.6. The predicted molar refractivity (Wildman–Crippen MR) is 90.7 cm³/mol. The van der Waals surface area contributed by atoms with Crippen LogP contribution in [0, 0.1) is 25.6 Å². The van der Waals surface area contributed by atoms with Gasteiger partial charge in [0.25, 0.3) is 5.91 Å². The third-order valence-corrected chi connectivity index (χ3v) is 4.83. The molecule has 0 aliphatic carbocycles. The molecule has 2 heterocycles. The highest BCUT2D eigenvalue weighted by Gasteiger charge is 2.34. The van der Waals surface area contributed by atoms with Gasteiger partial charge in [-0.2, -0.15) is 5.10 Å². The summed E-state index contributed by atoms with van der Waals surface area (Å²) in [6.45, 7) is 7.06. The average Bonchev–Trinajstić information content (AvgIpc) is 3.07. The summed E-state index contributed by atoms with van der Waals surface area (Å²) in [5.41, 5.74) is 8.59. The van der Waals surface area contributed by atoms with E-state index in [2.05, 4.69) is 12.0 Å². The molecule has 0 bridgehead atoms. The van der Waals surface area contributed by atoms with Crippen LogP contribution in [0.3, 0.4) is 0 Å². The van der Waals surface area contributed by atoms with Gasteiger partial charge < -0.3 is 10.6 Å². The molecule has 24 heavy (non-hydrogen) atoms. The first-order chi connectivity index (χ1) is 11.4. The van der Waals surface area contributed by atoms with E-state index in [0.29, 0.717) is 30.3 Å². The molecule has 1 aliphatic heterocycles. The molecule has 0 radical (unpaired) electrons. The fraction of sp³-hybridized carbons (Fsp3) is 0.444. The molecule has 5 nitrogen and oxygen atoms in total. The van der Waals surface area contributed by atoms with Gasteiger partial charge >= 0.3 is 0 Å². The van der Waals surface area contributed by atoms with Crippen LogP contribution >= 0.6 is 0 Å². The molecule has 6 heteroatoms. The zero-order valence-electron chi connectivity index (χ0n) is 14.3. The van der Waals surface area contributed by atoms with Crippen LogP contribution in [0.1, 0.15) is 35.1 Å². The van der Waals surface area contributed by atoms with Crippen LogP contribution in [0.5, 0.6) is 0 Å². The second-order valence-electron chi connectivity index (χ2n) is 6.58. The summed E-state index contributed by atoms with van der Waals surface area (Å²) in [7, 11) is 0. The molecular formula is C18H23FN4O. The number of aromatic nitrogens is 2. The molecule has 1 aromatic heterocycles. The zero-order valence-corrected chi connectivity index (χ0v) is 14.3.